The Bertz CT molecular complexity index is 1250. The fourth-order valence-electron chi connectivity index (χ4n) is 4.04. The highest BCUT2D eigenvalue weighted by molar-refractivity contribution is 7.89. The van der Waals surface area contributed by atoms with E-state index in [9.17, 15) is 8.42 Å². The molecular weight excluding hydrogens is 524 g/mol. The predicted octanol–water partition coefficient (Wildman–Crippen LogP) is 6.57. The van der Waals surface area contributed by atoms with Crippen LogP contribution >= 0.6 is 46.4 Å². The molecule has 1 N–H and O–H groups in total. The van der Waals surface area contributed by atoms with Gasteiger partial charge >= 0.3 is 0 Å². The van der Waals surface area contributed by atoms with Crippen molar-refractivity contribution in [3.8, 4) is 0 Å². The molecule has 174 valence electrons. The van der Waals surface area contributed by atoms with Crippen LogP contribution in [0.15, 0.2) is 69.7 Å². The SMILES string of the molecule is Cc1cccc(Cl)c1S(=O)(=O)NCC1=NN(c2ccc(Cl)cc2Cl)[C@H](C2C=CC(Cl)=CC2)C1. The van der Waals surface area contributed by atoms with Crippen LogP contribution in [0, 0.1) is 12.8 Å². The first-order valence-electron chi connectivity index (χ1n) is 10.2. The first kappa shape index (κ1) is 24.6. The average Bonchev–Trinajstić information content (AvgIpc) is 3.17. The van der Waals surface area contributed by atoms with Crippen LogP contribution in [0.25, 0.3) is 0 Å². The third-order valence-electron chi connectivity index (χ3n) is 5.65. The second kappa shape index (κ2) is 9.98. The van der Waals surface area contributed by atoms with Crippen LogP contribution < -0.4 is 9.73 Å². The lowest BCUT2D eigenvalue weighted by atomic mass is 9.89. The lowest BCUT2D eigenvalue weighted by Gasteiger charge is -2.30. The fraction of sp³-hybridized carbons (Fsp3) is 0.261. The molecule has 0 spiro atoms. The molecule has 2 aromatic rings. The Morgan fingerprint density at radius 3 is 2.58 bits per heavy atom. The topological polar surface area (TPSA) is 61.8 Å². The van der Waals surface area contributed by atoms with E-state index in [4.69, 9.17) is 51.5 Å². The number of aryl methyl sites for hydroxylation is 1. The summed E-state index contributed by atoms with van der Waals surface area (Å²) < 4.78 is 28.6. The van der Waals surface area contributed by atoms with Gasteiger partial charge < -0.3 is 0 Å². The summed E-state index contributed by atoms with van der Waals surface area (Å²) in [4.78, 5) is 0.0782. The van der Waals surface area contributed by atoms with Gasteiger partial charge in [-0.2, -0.15) is 5.10 Å². The summed E-state index contributed by atoms with van der Waals surface area (Å²) in [6.07, 6.45) is 7.20. The van der Waals surface area contributed by atoms with E-state index in [1.54, 1.807) is 37.3 Å². The Labute approximate surface area is 213 Å². The zero-order valence-corrected chi connectivity index (χ0v) is 21.4. The molecule has 10 heteroatoms. The van der Waals surface area contributed by atoms with E-state index < -0.39 is 10.0 Å². The van der Waals surface area contributed by atoms with Crippen LogP contribution in [-0.4, -0.2) is 26.7 Å². The summed E-state index contributed by atoms with van der Waals surface area (Å²) in [6, 6.07) is 10.2. The molecule has 0 amide bonds. The van der Waals surface area contributed by atoms with Crippen LogP contribution in [0.5, 0.6) is 0 Å². The molecule has 1 aliphatic heterocycles. The molecule has 1 heterocycles. The second-order valence-electron chi connectivity index (χ2n) is 7.94. The molecular formula is C23H21Cl4N3O2S. The molecule has 0 fully saturated rings. The summed E-state index contributed by atoms with van der Waals surface area (Å²) in [5, 5.41) is 8.47. The van der Waals surface area contributed by atoms with Crippen LogP contribution in [0.2, 0.25) is 15.1 Å². The number of nitrogens with zero attached hydrogens (tertiary/aromatic N) is 2. The van der Waals surface area contributed by atoms with E-state index in [2.05, 4.69) is 10.8 Å². The Hall–Kier alpha value is -1.54. The van der Waals surface area contributed by atoms with Gasteiger partial charge in [0.25, 0.3) is 0 Å². The first-order valence-corrected chi connectivity index (χ1v) is 13.2. The molecule has 2 aromatic carbocycles. The van der Waals surface area contributed by atoms with Gasteiger partial charge in [0, 0.05) is 22.4 Å². The molecule has 5 nitrogen and oxygen atoms in total. The molecule has 0 aromatic heterocycles. The maximum absolute atomic E-state index is 13.0. The van der Waals surface area contributed by atoms with E-state index >= 15 is 0 Å². The molecule has 2 aliphatic rings. The molecule has 0 saturated carbocycles. The molecule has 1 aliphatic carbocycles. The Kier molecular flexibility index (Phi) is 7.44. The maximum Gasteiger partial charge on any atom is 0.242 e. The predicted molar refractivity (Wildman–Crippen MR) is 137 cm³/mol. The molecule has 0 radical (unpaired) electrons. The minimum Gasteiger partial charge on any atom is -0.260 e. The van der Waals surface area contributed by atoms with E-state index in [1.807, 2.05) is 23.2 Å². The Morgan fingerprint density at radius 1 is 1.12 bits per heavy atom. The summed E-state index contributed by atoms with van der Waals surface area (Å²) in [7, 11) is -3.82. The number of hydrazone groups is 1. The zero-order chi connectivity index (χ0) is 23.8. The third-order valence-corrected chi connectivity index (χ3v) is 8.49. The van der Waals surface area contributed by atoms with Crippen molar-refractivity contribution in [3.63, 3.8) is 0 Å². The minimum absolute atomic E-state index is 0.0532. The smallest absolute Gasteiger partial charge is 0.242 e. The summed E-state index contributed by atoms with van der Waals surface area (Å²) in [6.45, 7) is 1.76. The lowest BCUT2D eigenvalue weighted by Crippen LogP contribution is -2.34. The van der Waals surface area contributed by atoms with Crippen LogP contribution in [0.4, 0.5) is 5.69 Å². The monoisotopic (exact) mass is 543 g/mol. The van der Waals surface area contributed by atoms with Crippen LogP contribution in [0.3, 0.4) is 0 Å². The number of anilines is 1. The molecule has 4 rings (SSSR count). The highest BCUT2D eigenvalue weighted by Gasteiger charge is 2.35. The molecule has 0 bridgehead atoms. The van der Waals surface area contributed by atoms with E-state index in [1.165, 1.54) is 0 Å². The van der Waals surface area contributed by atoms with Gasteiger partial charge in [0.05, 0.1) is 34.0 Å². The fourth-order valence-corrected chi connectivity index (χ4v) is 6.54. The van der Waals surface area contributed by atoms with Gasteiger partial charge in [-0.15, -0.1) is 0 Å². The number of hydrogen-bond donors (Lipinski definition) is 1. The normalized spacial score (nSPS) is 20.7. The minimum atomic E-state index is -3.82. The first-order chi connectivity index (χ1) is 15.7. The summed E-state index contributed by atoms with van der Waals surface area (Å²) in [5.41, 5.74) is 1.97. The van der Waals surface area contributed by atoms with Crippen molar-refractivity contribution in [2.24, 2.45) is 11.0 Å². The highest BCUT2D eigenvalue weighted by atomic mass is 35.5. The van der Waals surface area contributed by atoms with Gasteiger partial charge in [-0.25, -0.2) is 13.1 Å². The maximum atomic E-state index is 13.0. The van der Waals surface area contributed by atoms with Crippen molar-refractivity contribution in [1.29, 1.82) is 0 Å². The van der Waals surface area contributed by atoms with Crippen molar-refractivity contribution in [1.82, 2.24) is 4.72 Å². The number of sulfonamides is 1. The standard InChI is InChI=1S/C23H21Cl4N3O2S/c1-14-3-2-4-19(26)23(14)33(31,32)28-13-18-12-22(15-5-7-16(24)8-6-15)30(29-18)21-10-9-17(25)11-20(21)27/h2-5,7-11,15,22,28H,6,12-13H2,1H3/t15?,22-/m0/s1. The Morgan fingerprint density at radius 2 is 1.91 bits per heavy atom. The number of nitrogens with one attached hydrogen (secondary N) is 1. The van der Waals surface area contributed by atoms with Gasteiger partial charge in [-0.3, -0.25) is 5.01 Å². The third kappa shape index (κ3) is 5.42. The van der Waals surface area contributed by atoms with Crippen molar-refractivity contribution in [2.75, 3.05) is 11.6 Å². The number of allylic oxidation sites excluding steroid dienone is 3. The average molecular weight is 545 g/mol. The Balaban J connectivity index is 1.60. The quantitative estimate of drug-likeness (QED) is 0.447. The van der Waals surface area contributed by atoms with Crippen LogP contribution in [0.1, 0.15) is 18.4 Å². The zero-order valence-electron chi connectivity index (χ0n) is 17.6. The lowest BCUT2D eigenvalue weighted by molar-refractivity contribution is 0.499. The molecule has 0 saturated heterocycles. The van der Waals surface area contributed by atoms with Crippen molar-refractivity contribution < 1.29 is 8.42 Å². The number of halogens is 4. The second-order valence-corrected chi connectivity index (χ2v) is 11.3. The van der Waals surface area contributed by atoms with Crippen molar-refractivity contribution in [3.05, 3.63) is 80.3 Å². The van der Waals surface area contributed by atoms with Crippen molar-refractivity contribution in [2.45, 2.75) is 30.7 Å². The summed E-state index contributed by atoms with van der Waals surface area (Å²) >= 11 is 24.8. The summed E-state index contributed by atoms with van der Waals surface area (Å²) in [5.74, 6) is 0.128. The van der Waals surface area contributed by atoms with E-state index in [0.717, 1.165) is 6.42 Å². The number of hydrogen-bond acceptors (Lipinski definition) is 4. The van der Waals surface area contributed by atoms with E-state index in [0.29, 0.717) is 38.5 Å². The molecule has 2 atom stereocenters. The molecule has 33 heavy (non-hydrogen) atoms. The highest BCUT2D eigenvalue weighted by Crippen LogP contribution is 2.38. The van der Waals surface area contributed by atoms with E-state index in [-0.39, 0.29) is 28.4 Å². The molecule has 1 unspecified atom stereocenters. The van der Waals surface area contributed by atoms with Crippen LogP contribution in [-0.2, 0) is 10.0 Å². The largest absolute Gasteiger partial charge is 0.260 e. The van der Waals surface area contributed by atoms with Gasteiger partial charge in [-0.05, 0) is 49.2 Å². The van der Waals surface area contributed by atoms with Gasteiger partial charge in [0.1, 0.15) is 4.90 Å². The number of rotatable bonds is 6. The van der Waals surface area contributed by atoms with Gasteiger partial charge in [-0.1, -0.05) is 70.7 Å². The van der Waals surface area contributed by atoms with Crippen molar-refractivity contribution >= 4 is 67.8 Å². The van der Waals surface area contributed by atoms with Gasteiger partial charge in [0.2, 0.25) is 10.0 Å². The van der Waals surface area contributed by atoms with Gasteiger partial charge in [0.15, 0.2) is 0 Å². The number of benzene rings is 2.